The topological polar surface area (TPSA) is 35.5 Å². The Morgan fingerprint density at radius 2 is 0.512 bits per heavy atom. The second-order valence-corrected chi connectivity index (χ2v) is 15.3. The third-order valence-corrected chi connectivity index (χ3v) is 10.1. The number of unbranched alkanes of at least 4 members (excludes halogenated alkanes) is 30. The lowest BCUT2D eigenvalue weighted by Gasteiger charge is -2.11. The summed E-state index contributed by atoms with van der Waals surface area (Å²) in [6, 6.07) is 0. The molecule has 0 unspecified atom stereocenters. The predicted octanol–water partition coefficient (Wildman–Crippen LogP) is 14.9. The maximum atomic E-state index is 12.3. The Hall–Kier alpha value is 0.440. The van der Waals surface area contributed by atoms with E-state index < -0.39 is 6.95 Å². The molecule has 0 N–H and O–H groups in total. The van der Waals surface area contributed by atoms with Crippen molar-refractivity contribution >= 4 is 18.2 Å². The van der Waals surface area contributed by atoms with Gasteiger partial charge in [-0.2, -0.15) is 0 Å². The molecule has 0 aromatic rings. The molecule has 41 heavy (non-hydrogen) atoms. The van der Waals surface area contributed by atoms with Crippen LogP contribution in [0.2, 0.25) is 0 Å². The standard InChI is InChI=1S/C36H74ClO3P/c1-3-5-7-9-11-13-15-17-19-21-23-25-27-29-31-33-35-39-41(37,38)40-36-34-32-30-28-26-24-22-20-18-16-14-12-10-8-6-4-2/h3-36H2,1-2H3. The zero-order chi connectivity index (χ0) is 30.0. The summed E-state index contributed by atoms with van der Waals surface area (Å²) in [5, 5.41) is 0. The van der Waals surface area contributed by atoms with Gasteiger partial charge in [-0.05, 0) is 12.8 Å². The smallest absolute Gasteiger partial charge is 0.297 e. The summed E-state index contributed by atoms with van der Waals surface area (Å²) in [6.07, 6.45) is 42.9. The van der Waals surface area contributed by atoms with Crippen molar-refractivity contribution in [3.63, 3.8) is 0 Å². The summed E-state index contributed by atoms with van der Waals surface area (Å²) in [6.45, 7) is 2.06. The molecular formula is C36H74ClO3P. The molecule has 0 heterocycles. The molecule has 248 valence electrons. The van der Waals surface area contributed by atoms with Crippen molar-refractivity contribution in [1.82, 2.24) is 0 Å². The van der Waals surface area contributed by atoms with Crippen molar-refractivity contribution in [2.45, 2.75) is 219 Å². The largest absolute Gasteiger partial charge is 0.424 e. The van der Waals surface area contributed by atoms with E-state index in [1.807, 2.05) is 0 Å². The molecule has 0 aliphatic carbocycles. The molecule has 0 aromatic carbocycles. The molecule has 0 atom stereocenters. The Kier molecular flexibility index (Phi) is 35.3. The Balaban J connectivity index is 3.26. The molecule has 0 aromatic heterocycles. The van der Waals surface area contributed by atoms with Crippen molar-refractivity contribution in [3.05, 3.63) is 0 Å². The van der Waals surface area contributed by atoms with Crippen molar-refractivity contribution in [2.75, 3.05) is 13.2 Å². The van der Waals surface area contributed by atoms with Crippen LogP contribution in [0.1, 0.15) is 219 Å². The van der Waals surface area contributed by atoms with Gasteiger partial charge in [-0.15, -0.1) is 0 Å². The van der Waals surface area contributed by atoms with Crippen molar-refractivity contribution in [3.8, 4) is 0 Å². The Morgan fingerprint density at radius 3 is 0.707 bits per heavy atom. The zero-order valence-electron chi connectivity index (χ0n) is 28.1. The molecule has 5 heteroatoms. The molecule has 0 radical (unpaired) electrons. The van der Waals surface area contributed by atoms with Crippen molar-refractivity contribution < 1.29 is 13.6 Å². The van der Waals surface area contributed by atoms with Crippen LogP contribution in [0.15, 0.2) is 0 Å². The van der Waals surface area contributed by atoms with E-state index in [0.29, 0.717) is 13.2 Å². The lowest BCUT2D eigenvalue weighted by molar-refractivity contribution is 0.211. The van der Waals surface area contributed by atoms with Gasteiger partial charge in [0.2, 0.25) is 0 Å². The first-order chi connectivity index (χ1) is 20.1. The molecule has 0 aliphatic heterocycles. The number of rotatable bonds is 36. The molecule has 0 bridgehead atoms. The predicted molar refractivity (Wildman–Crippen MR) is 184 cm³/mol. The van der Waals surface area contributed by atoms with Crippen LogP contribution in [0.4, 0.5) is 0 Å². The van der Waals surface area contributed by atoms with Gasteiger partial charge in [-0.3, -0.25) is 9.05 Å². The van der Waals surface area contributed by atoms with E-state index in [-0.39, 0.29) is 0 Å². The van der Waals surface area contributed by atoms with Gasteiger partial charge in [0.1, 0.15) is 0 Å². The van der Waals surface area contributed by atoms with Gasteiger partial charge in [-0.1, -0.05) is 206 Å². The van der Waals surface area contributed by atoms with E-state index in [9.17, 15) is 4.57 Å². The molecule has 0 spiro atoms. The van der Waals surface area contributed by atoms with E-state index in [4.69, 9.17) is 20.3 Å². The fourth-order valence-electron chi connectivity index (χ4n) is 5.68. The minimum atomic E-state index is -3.40. The SMILES string of the molecule is CCCCCCCCCCCCCCCCCCOP(=O)(Cl)OCCCCCCCCCCCCCCCCCC. The van der Waals surface area contributed by atoms with E-state index >= 15 is 0 Å². The van der Waals surface area contributed by atoms with Crippen LogP contribution in [0, 0.1) is 0 Å². The molecular weight excluding hydrogens is 547 g/mol. The van der Waals surface area contributed by atoms with E-state index in [0.717, 1.165) is 25.7 Å². The highest BCUT2D eigenvalue weighted by Crippen LogP contribution is 2.53. The van der Waals surface area contributed by atoms with E-state index in [1.165, 1.54) is 180 Å². The fraction of sp³-hybridized carbons (Fsp3) is 1.00. The molecule has 0 saturated carbocycles. The van der Waals surface area contributed by atoms with Gasteiger partial charge < -0.3 is 0 Å². The molecule has 0 saturated heterocycles. The van der Waals surface area contributed by atoms with Gasteiger partial charge in [0.15, 0.2) is 0 Å². The third-order valence-electron chi connectivity index (χ3n) is 8.49. The zero-order valence-corrected chi connectivity index (χ0v) is 29.7. The second kappa shape index (κ2) is 34.9. The first-order valence-electron chi connectivity index (χ1n) is 18.7. The summed E-state index contributed by atoms with van der Waals surface area (Å²) in [4.78, 5) is 0. The monoisotopic (exact) mass is 621 g/mol. The first-order valence-corrected chi connectivity index (χ1v) is 21.2. The normalized spacial score (nSPS) is 12.0. The number of hydrogen-bond acceptors (Lipinski definition) is 3. The van der Waals surface area contributed by atoms with Gasteiger partial charge in [-0.25, -0.2) is 4.57 Å². The summed E-state index contributed by atoms with van der Waals surface area (Å²) in [5.41, 5.74) is 0. The fourth-order valence-corrected chi connectivity index (χ4v) is 6.87. The first kappa shape index (κ1) is 41.4. The number of hydrogen-bond donors (Lipinski definition) is 0. The van der Waals surface area contributed by atoms with Crippen LogP contribution in [-0.4, -0.2) is 13.2 Å². The average Bonchev–Trinajstić information content (AvgIpc) is 2.96. The maximum Gasteiger partial charge on any atom is 0.424 e. The minimum absolute atomic E-state index is 0.443. The summed E-state index contributed by atoms with van der Waals surface area (Å²) >= 11 is 5.99. The summed E-state index contributed by atoms with van der Waals surface area (Å²) < 4.78 is 23.0. The lowest BCUT2D eigenvalue weighted by atomic mass is 10.0. The highest BCUT2D eigenvalue weighted by Gasteiger charge is 2.19. The maximum absolute atomic E-state index is 12.3. The molecule has 0 rings (SSSR count). The Labute approximate surface area is 263 Å². The van der Waals surface area contributed by atoms with E-state index in [1.54, 1.807) is 0 Å². The van der Waals surface area contributed by atoms with Crippen LogP contribution in [0.3, 0.4) is 0 Å². The minimum Gasteiger partial charge on any atom is -0.297 e. The quantitative estimate of drug-likeness (QED) is 0.0516. The van der Waals surface area contributed by atoms with Crippen LogP contribution in [0.25, 0.3) is 0 Å². The van der Waals surface area contributed by atoms with Crippen molar-refractivity contribution in [1.29, 1.82) is 0 Å². The van der Waals surface area contributed by atoms with Gasteiger partial charge in [0.05, 0.1) is 13.2 Å². The van der Waals surface area contributed by atoms with Gasteiger partial charge in [0, 0.05) is 11.2 Å². The third kappa shape index (κ3) is 36.5. The second-order valence-electron chi connectivity index (χ2n) is 12.7. The summed E-state index contributed by atoms with van der Waals surface area (Å²) in [7, 11) is 0. The van der Waals surface area contributed by atoms with E-state index in [2.05, 4.69) is 13.8 Å². The van der Waals surface area contributed by atoms with Crippen LogP contribution < -0.4 is 0 Å². The van der Waals surface area contributed by atoms with Crippen molar-refractivity contribution in [2.24, 2.45) is 0 Å². The molecule has 0 aliphatic rings. The van der Waals surface area contributed by atoms with Crippen LogP contribution in [-0.2, 0) is 13.6 Å². The van der Waals surface area contributed by atoms with Crippen LogP contribution >= 0.6 is 18.2 Å². The molecule has 0 fully saturated rings. The Morgan fingerprint density at radius 1 is 0.341 bits per heavy atom. The lowest BCUT2D eigenvalue weighted by Crippen LogP contribution is -1.96. The highest BCUT2D eigenvalue weighted by atomic mass is 35.7. The summed E-state index contributed by atoms with van der Waals surface area (Å²) in [5.74, 6) is 0. The van der Waals surface area contributed by atoms with Crippen LogP contribution in [0.5, 0.6) is 0 Å². The highest BCUT2D eigenvalue weighted by molar-refractivity contribution is 7.81. The average molecular weight is 621 g/mol. The number of halogens is 1. The molecule has 0 amide bonds. The van der Waals surface area contributed by atoms with Gasteiger partial charge >= 0.3 is 6.95 Å². The van der Waals surface area contributed by atoms with Gasteiger partial charge in [0.25, 0.3) is 0 Å². The molecule has 3 nitrogen and oxygen atoms in total. The Bertz CT molecular complexity index is 489.